The lowest BCUT2D eigenvalue weighted by Crippen LogP contribution is -2.60. The molecule has 1 saturated heterocycles. The highest BCUT2D eigenvalue weighted by Gasteiger charge is 2.44. The van der Waals surface area contributed by atoms with Crippen LogP contribution in [-0.2, 0) is 19.1 Å². The number of nitrogens with one attached hydrogen (secondary N) is 2. The Balaban J connectivity index is 2.37. The van der Waals surface area contributed by atoms with Gasteiger partial charge in [-0.3, -0.25) is 9.59 Å². The zero-order chi connectivity index (χ0) is 35.2. The number of rotatable bonds is 32. The first-order valence-electron chi connectivity index (χ1n) is 19.8. The number of carbonyl (C=O) groups excluding carboxylic acids is 2. The fraction of sp³-hybridized carbons (Fsp3) is 0.947. The van der Waals surface area contributed by atoms with Crippen molar-refractivity contribution in [2.75, 3.05) is 19.8 Å². The van der Waals surface area contributed by atoms with Gasteiger partial charge in [-0.1, -0.05) is 155 Å². The first kappa shape index (κ1) is 44.7. The van der Waals surface area contributed by atoms with Crippen molar-refractivity contribution in [3.05, 3.63) is 0 Å². The third kappa shape index (κ3) is 21.7. The second kappa shape index (κ2) is 30.5. The van der Waals surface area contributed by atoms with E-state index in [4.69, 9.17) is 9.47 Å². The van der Waals surface area contributed by atoms with Crippen LogP contribution in [0.25, 0.3) is 0 Å². The Hall–Kier alpha value is -1.30. The lowest BCUT2D eigenvalue weighted by Gasteiger charge is -2.39. The molecule has 10 nitrogen and oxygen atoms in total. The molecule has 1 fully saturated rings. The Morgan fingerprint density at radius 3 is 1.52 bits per heavy atom. The second-order valence-corrected chi connectivity index (χ2v) is 14.0. The number of carbonyl (C=O) groups is 2. The Kier molecular flexibility index (Phi) is 28.4. The molecule has 1 heterocycles. The standard InChI is InChI=1S/C38H74N2O8/c1-3-5-7-9-11-13-14-15-16-17-18-19-21-23-25-27-33(42)40-31(30-47-38-36(45)35(44)34(43)32(29-41)48-38)37(46)39-28-26-24-22-20-12-10-8-6-4-2/h31-32,34-36,38,41,43-45H,3-30H2,1-2H3,(H,39,46)(H,40,42)/t31-,32+,34-,35-,36+,38-/m0/s1. The van der Waals surface area contributed by atoms with Gasteiger partial charge in [-0.2, -0.15) is 0 Å². The number of ether oxygens (including phenoxy) is 2. The molecule has 0 spiro atoms. The number of aliphatic hydroxyl groups excluding tert-OH is 4. The van der Waals surface area contributed by atoms with E-state index in [2.05, 4.69) is 24.5 Å². The molecule has 10 heteroatoms. The van der Waals surface area contributed by atoms with Crippen LogP contribution in [0, 0.1) is 0 Å². The summed E-state index contributed by atoms with van der Waals surface area (Å²) >= 11 is 0. The molecule has 6 atom stereocenters. The summed E-state index contributed by atoms with van der Waals surface area (Å²) in [6, 6.07) is -1.01. The average Bonchev–Trinajstić information content (AvgIpc) is 3.08. The maximum absolute atomic E-state index is 13.1. The Morgan fingerprint density at radius 1 is 0.625 bits per heavy atom. The molecule has 48 heavy (non-hydrogen) atoms. The molecule has 0 aromatic rings. The van der Waals surface area contributed by atoms with Crippen molar-refractivity contribution in [1.82, 2.24) is 10.6 Å². The maximum Gasteiger partial charge on any atom is 0.244 e. The van der Waals surface area contributed by atoms with Crippen LogP contribution in [0.4, 0.5) is 0 Å². The highest BCUT2D eigenvalue weighted by molar-refractivity contribution is 5.87. The minimum Gasteiger partial charge on any atom is -0.394 e. The minimum atomic E-state index is -1.58. The Morgan fingerprint density at radius 2 is 1.06 bits per heavy atom. The van der Waals surface area contributed by atoms with Gasteiger partial charge >= 0.3 is 0 Å². The second-order valence-electron chi connectivity index (χ2n) is 14.0. The van der Waals surface area contributed by atoms with Crippen LogP contribution >= 0.6 is 0 Å². The molecule has 0 aromatic carbocycles. The molecule has 1 rings (SSSR count). The largest absolute Gasteiger partial charge is 0.394 e. The zero-order valence-electron chi connectivity index (χ0n) is 30.7. The van der Waals surface area contributed by atoms with Gasteiger partial charge in [-0.05, 0) is 12.8 Å². The van der Waals surface area contributed by atoms with E-state index in [9.17, 15) is 30.0 Å². The number of hydrogen-bond acceptors (Lipinski definition) is 8. The van der Waals surface area contributed by atoms with Gasteiger partial charge in [0.15, 0.2) is 6.29 Å². The van der Waals surface area contributed by atoms with Crippen LogP contribution in [0.3, 0.4) is 0 Å². The normalized spacial score (nSPS) is 21.7. The van der Waals surface area contributed by atoms with Gasteiger partial charge in [0.05, 0.1) is 13.2 Å². The van der Waals surface area contributed by atoms with Crippen LogP contribution in [-0.4, -0.2) is 88.7 Å². The highest BCUT2D eigenvalue weighted by Crippen LogP contribution is 2.22. The molecular weight excluding hydrogens is 612 g/mol. The molecule has 0 aliphatic carbocycles. The van der Waals surface area contributed by atoms with Crippen molar-refractivity contribution in [1.29, 1.82) is 0 Å². The van der Waals surface area contributed by atoms with Crippen molar-refractivity contribution in [2.45, 2.75) is 211 Å². The third-order valence-corrected chi connectivity index (χ3v) is 9.51. The number of hydrogen-bond donors (Lipinski definition) is 6. The van der Waals surface area contributed by atoms with Crippen molar-refractivity contribution >= 4 is 11.8 Å². The van der Waals surface area contributed by atoms with Gasteiger partial charge in [-0.25, -0.2) is 0 Å². The fourth-order valence-corrected chi connectivity index (χ4v) is 6.27. The van der Waals surface area contributed by atoms with Gasteiger partial charge < -0.3 is 40.5 Å². The molecule has 1 aliphatic rings. The topological polar surface area (TPSA) is 158 Å². The van der Waals surface area contributed by atoms with E-state index in [-0.39, 0.29) is 18.4 Å². The van der Waals surface area contributed by atoms with Crippen molar-refractivity contribution in [2.24, 2.45) is 0 Å². The summed E-state index contributed by atoms with van der Waals surface area (Å²) in [5.41, 5.74) is 0. The van der Waals surface area contributed by atoms with E-state index < -0.39 is 43.4 Å². The lowest BCUT2D eigenvalue weighted by molar-refractivity contribution is -0.301. The minimum absolute atomic E-state index is 0.245. The van der Waals surface area contributed by atoms with Gasteiger partial charge in [0.1, 0.15) is 30.5 Å². The predicted molar refractivity (Wildman–Crippen MR) is 191 cm³/mol. The monoisotopic (exact) mass is 687 g/mol. The van der Waals surface area contributed by atoms with Gasteiger partial charge in [0.25, 0.3) is 0 Å². The molecule has 0 aromatic heterocycles. The van der Waals surface area contributed by atoms with Crippen LogP contribution in [0.1, 0.15) is 174 Å². The maximum atomic E-state index is 13.1. The molecule has 6 N–H and O–H groups in total. The van der Waals surface area contributed by atoms with Crippen molar-refractivity contribution in [3.63, 3.8) is 0 Å². The highest BCUT2D eigenvalue weighted by atomic mass is 16.7. The van der Waals surface area contributed by atoms with Gasteiger partial charge in [-0.15, -0.1) is 0 Å². The van der Waals surface area contributed by atoms with Crippen LogP contribution in [0.15, 0.2) is 0 Å². The third-order valence-electron chi connectivity index (χ3n) is 9.51. The zero-order valence-corrected chi connectivity index (χ0v) is 30.7. The average molecular weight is 687 g/mol. The fourth-order valence-electron chi connectivity index (χ4n) is 6.27. The number of amides is 2. The summed E-state index contributed by atoms with van der Waals surface area (Å²) in [5.74, 6) is -0.630. The summed E-state index contributed by atoms with van der Waals surface area (Å²) in [5, 5.41) is 45.6. The summed E-state index contributed by atoms with van der Waals surface area (Å²) in [6.07, 6.45) is 22.4. The number of aliphatic hydroxyl groups is 4. The van der Waals surface area contributed by atoms with Crippen LogP contribution < -0.4 is 10.6 Å². The summed E-state index contributed by atoms with van der Waals surface area (Å²) in [6.45, 7) is 4.08. The summed E-state index contributed by atoms with van der Waals surface area (Å²) < 4.78 is 11.0. The van der Waals surface area contributed by atoms with E-state index in [0.717, 1.165) is 38.5 Å². The number of unbranched alkanes of at least 4 members (excludes halogenated alkanes) is 22. The van der Waals surface area contributed by atoms with Crippen molar-refractivity contribution < 1.29 is 39.5 Å². The molecule has 0 saturated carbocycles. The molecule has 0 unspecified atom stereocenters. The first-order chi connectivity index (χ1) is 23.3. The molecular formula is C38H74N2O8. The van der Waals surface area contributed by atoms with E-state index in [1.54, 1.807) is 0 Å². The van der Waals surface area contributed by atoms with Gasteiger partial charge in [0, 0.05) is 13.0 Å². The van der Waals surface area contributed by atoms with E-state index in [1.807, 2.05) is 0 Å². The van der Waals surface area contributed by atoms with E-state index in [1.165, 1.54) is 116 Å². The van der Waals surface area contributed by atoms with Gasteiger partial charge in [0.2, 0.25) is 11.8 Å². The van der Waals surface area contributed by atoms with Crippen molar-refractivity contribution in [3.8, 4) is 0 Å². The van der Waals surface area contributed by atoms with E-state index in [0.29, 0.717) is 13.0 Å². The SMILES string of the molecule is CCCCCCCCCCCCCCCCCC(=O)N[C@@H](CO[C@H]1O[C@H](CO)[C@H](O)[C@H](O)[C@H]1O)C(=O)NCCCCCCCCCCC. The quantitative estimate of drug-likeness (QED) is 0.0457. The predicted octanol–water partition coefficient (Wildman–Crippen LogP) is 6.20. The summed E-state index contributed by atoms with van der Waals surface area (Å²) in [7, 11) is 0. The summed E-state index contributed by atoms with van der Waals surface area (Å²) in [4.78, 5) is 25.9. The van der Waals surface area contributed by atoms with Crippen LogP contribution in [0.2, 0.25) is 0 Å². The molecule has 284 valence electrons. The van der Waals surface area contributed by atoms with E-state index >= 15 is 0 Å². The van der Waals surface area contributed by atoms with Crippen LogP contribution in [0.5, 0.6) is 0 Å². The molecule has 0 radical (unpaired) electrons. The molecule has 2 amide bonds. The smallest absolute Gasteiger partial charge is 0.244 e. The Labute approximate surface area is 292 Å². The molecule has 1 aliphatic heterocycles. The molecule has 0 bridgehead atoms. The lowest BCUT2D eigenvalue weighted by atomic mass is 9.99. The first-order valence-corrected chi connectivity index (χ1v) is 19.8. The Bertz CT molecular complexity index is 771.